The van der Waals surface area contributed by atoms with Crippen molar-refractivity contribution in [3.63, 3.8) is 0 Å². The van der Waals surface area contributed by atoms with Gasteiger partial charge in [-0.05, 0) is 44.4 Å². The van der Waals surface area contributed by atoms with Crippen LogP contribution in [0.15, 0.2) is 24.3 Å². The normalized spacial score (nSPS) is 15.2. The van der Waals surface area contributed by atoms with Crippen molar-refractivity contribution in [1.82, 2.24) is 10.2 Å². The van der Waals surface area contributed by atoms with Crippen LogP contribution >= 0.6 is 24.0 Å². The first-order valence-electron chi connectivity index (χ1n) is 7.56. The van der Waals surface area contributed by atoms with E-state index in [0.717, 1.165) is 31.5 Å². The Bertz CT molecular complexity index is 527. The summed E-state index contributed by atoms with van der Waals surface area (Å²) in [5, 5.41) is 2.58. The molecular formula is C16H21FN2OS2. The summed E-state index contributed by atoms with van der Waals surface area (Å²) in [6, 6.07) is 6.37. The van der Waals surface area contributed by atoms with E-state index in [-0.39, 0.29) is 17.8 Å². The minimum atomic E-state index is -0.436. The molecular weight excluding hydrogens is 319 g/mol. The Labute approximate surface area is 140 Å². The molecule has 0 heterocycles. The average molecular weight is 340 g/mol. The molecule has 1 fully saturated rings. The molecule has 1 aromatic rings. The minimum absolute atomic E-state index is 0.0476. The van der Waals surface area contributed by atoms with Crippen molar-refractivity contribution in [1.29, 1.82) is 0 Å². The monoisotopic (exact) mass is 340 g/mol. The van der Waals surface area contributed by atoms with Crippen molar-refractivity contribution in [3.05, 3.63) is 35.6 Å². The van der Waals surface area contributed by atoms with E-state index in [4.69, 9.17) is 12.2 Å². The van der Waals surface area contributed by atoms with Gasteiger partial charge in [-0.25, -0.2) is 4.39 Å². The van der Waals surface area contributed by atoms with E-state index in [0.29, 0.717) is 4.32 Å². The number of carbonyl (C=O) groups excluding carboxylic acids is 1. The topological polar surface area (TPSA) is 32.3 Å². The third-order valence-electron chi connectivity index (χ3n) is 3.57. The molecule has 1 aliphatic carbocycles. The maximum atomic E-state index is 13.1. The SMILES string of the molecule is CCN(CC)C(=S)SC(C(=O)NC1CC1)c1ccc(F)cc1. The van der Waals surface area contributed by atoms with Crippen molar-refractivity contribution in [2.75, 3.05) is 13.1 Å². The van der Waals surface area contributed by atoms with Crippen LogP contribution in [0.4, 0.5) is 4.39 Å². The molecule has 1 amide bonds. The van der Waals surface area contributed by atoms with E-state index in [1.54, 1.807) is 12.1 Å². The number of amides is 1. The molecule has 0 aromatic heterocycles. The molecule has 3 nitrogen and oxygen atoms in total. The van der Waals surface area contributed by atoms with E-state index in [1.807, 2.05) is 18.7 Å². The second-order valence-electron chi connectivity index (χ2n) is 5.27. The van der Waals surface area contributed by atoms with Crippen LogP contribution in [-0.4, -0.2) is 34.3 Å². The molecule has 1 aromatic carbocycles. The van der Waals surface area contributed by atoms with Crippen molar-refractivity contribution in [2.45, 2.75) is 38.0 Å². The third kappa shape index (κ3) is 4.68. The molecule has 0 radical (unpaired) electrons. The molecule has 0 bridgehead atoms. The zero-order valence-electron chi connectivity index (χ0n) is 12.8. The molecule has 1 N–H and O–H groups in total. The molecule has 6 heteroatoms. The van der Waals surface area contributed by atoms with Gasteiger partial charge in [0.15, 0.2) is 0 Å². The largest absolute Gasteiger partial charge is 0.358 e. The molecule has 2 rings (SSSR count). The second-order valence-corrected chi connectivity index (χ2v) is 7.01. The Kier molecular flexibility index (Phi) is 6.20. The first-order chi connectivity index (χ1) is 10.5. The molecule has 120 valence electrons. The van der Waals surface area contributed by atoms with Gasteiger partial charge in [0.05, 0.1) is 0 Å². The Morgan fingerprint density at radius 1 is 1.36 bits per heavy atom. The quantitative estimate of drug-likeness (QED) is 0.803. The summed E-state index contributed by atoms with van der Waals surface area (Å²) in [5.74, 6) is -0.352. The molecule has 1 aliphatic rings. The van der Waals surface area contributed by atoms with Crippen LogP contribution in [0.3, 0.4) is 0 Å². The van der Waals surface area contributed by atoms with Gasteiger partial charge in [-0.1, -0.05) is 36.1 Å². The second kappa shape index (κ2) is 7.92. The number of thioether (sulfide) groups is 1. The van der Waals surface area contributed by atoms with Gasteiger partial charge in [0.1, 0.15) is 15.4 Å². The van der Waals surface area contributed by atoms with Gasteiger partial charge in [-0.2, -0.15) is 0 Å². The van der Waals surface area contributed by atoms with Gasteiger partial charge in [-0.15, -0.1) is 0 Å². The number of nitrogens with zero attached hydrogens (tertiary/aromatic N) is 1. The van der Waals surface area contributed by atoms with Crippen LogP contribution in [-0.2, 0) is 4.79 Å². The van der Waals surface area contributed by atoms with E-state index in [9.17, 15) is 9.18 Å². The fourth-order valence-electron chi connectivity index (χ4n) is 2.07. The highest BCUT2D eigenvalue weighted by Gasteiger charge is 2.30. The Morgan fingerprint density at radius 2 is 1.95 bits per heavy atom. The predicted octanol–water partition coefficient (Wildman–Crippen LogP) is 3.51. The zero-order valence-corrected chi connectivity index (χ0v) is 14.5. The number of benzene rings is 1. The van der Waals surface area contributed by atoms with Gasteiger partial charge >= 0.3 is 0 Å². The van der Waals surface area contributed by atoms with E-state index in [2.05, 4.69) is 5.32 Å². The van der Waals surface area contributed by atoms with Crippen LogP contribution in [0.25, 0.3) is 0 Å². The first-order valence-corrected chi connectivity index (χ1v) is 8.85. The highest BCUT2D eigenvalue weighted by Crippen LogP contribution is 2.33. The van der Waals surface area contributed by atoms with E-state index in [1.165, 1.54) is 23.9 Å². The Hall–Kier alpha value is -1.14. The maximum Gasteiger partial charge on any atom is 0.238 e. The number of halogens is 1. The van der Waals surface area contributed by atoms with Crippen LogP contribution < -0.4 is 5.32 Å². The minimum Gasteiger partial charge on any atom is -0.358 e. The van der Waals surface area contributed by atoms with Crippen molar-refractivity contribution in [3.8, 4) is 0 Å². The summed E-state index contributed by atoms with van der Waals surface area (Å²) in [4.78, 5) is 14.6. The smallest absolute Gasteiger partial charge is 0.238 e. The molecule has 0 aliphatic heterocycles. The summed E-state index contributed by atoms with van der Waals surface area (Å²) in [5.41, 5.74) is 0.777. The van der Waals surface area contributed by atoms with Crippen LogP contribution in [0.5, 0.6) is 0 Å². The van der Waals surface area contributed by atoms with Crippen LogP contribution in [0.2, 0.25) is 0 Å². The highest BCUT2D eigenvalue weighted by atomic mass is 32.2. The van der Waals surface area contributed by atoms with Gasteiger partial charge < -0.3 is 10.2 Å². The summed E-state index contributed by atoms with van der Waals surface area (Å²) < 4.78 is 13.8. The average Bonchev–Trinajstić information content (AvgIpc) is 3.31. The Balaban J connectivity index is 2.14. The molecule has 1 unspecified atom stereocenters. The van der Waals surface area contributed by atoms with Gasteiger partial charge in [0, 0.05) is 19.1 Å². The fraction of sp³-hybridized carbons (Fsp3) is 0.500. The van der Waals surface area contributed by atoms with E-state index >= 15 is 0 Å². The van der Waals surface area contributed by atoms with Crippen LogP contribution in [0.1, 0.15) is 37.5 Å². The lowest BCUT2D eigenvalue weighted by molar-refractivity contribution is -0.120. The number of carbonyl (C=O) groups is 1. The number of thiocarbonyl (C=S) groups is 1. The Morgan fingerprint density at radius 3 is 2.45 bits per heavy atom. The highest BCUT2D eigenvalue weighted by molar-refractivity contribution is 8.23. The van der Waals surface area contributed by atoms with Gasteiger partial charge in [-0.3, -0.25) is 4.79 Å². The maximum absolute atomic E-state index is 13.1. The van der Waals surface area contributed by atoms with Gasteiger partial charge in [0.25, 0.3) is 0 Å². The lowest BCUT2D eigenvalue weighted by atomic mass is 10.1. The number of nitrogens with one attached hydrogen (secondary N) is 1. The molecule has 1 saturated carbocycles. The molecule has 1 atom stereocenters. The number of hydrogen-bond donors (Lipinski definition) is 1. The first kappa shape index (κ1) is 17.2. The van der Waals surface area contributed by atoms with Crippen LogP contribution in [0, 0.1) is 5.82 Å². The lowest BCUT2D eigenvalue weighted by Crippen LogP contribution is -2.33. The lowest BCUT2D eigenvalue weighted by Gasteiger charge is -2.24. The fourth-order valence-corrected chi connectivity index (χ4v) is 3.70. The van der Waals surface area contributed by atoms with Crippen molar-refractivity contribution in [2.24, 2.45) is 0 Å². The summed E-state index contributed by atoms with van der Waals surface area (Å²) in [6.45, 7) is 5.69. The molecule has 22 heavy (non-hydrogen) atoms. The van der Waals surface area contributed by atoms with Crippen molar-refractivity contribution >= 4 is 34.2 Å². The zero-order chi connectivity index (χ0) is 16.1. The summed E-state index contributed by atoms with van der Waals surface area (Å²) in [7, 11) is 0. The van der Waals surface area contributed by atoms with Gasteiger partial charge in [0.2, 0.25) is 5.91 Å². The molecule has 0 spiro atoms. The number of rotatable bonds is 6. The van der Waals surface area contributed by atoms with Crippen molar-refractivity contribution < 1.29 is 9.18 Å². The number of hydrogen-bond acceptors (Lipinski definition) is 3. The third-order valence-corrected chi connectivity index (χ3v) is 5.30. The molecule has 0 saturated heterocycles. The van der Waals surface area contributed by atoms with E-state index < -0.39 is 5.25 Å². The summed E-state index contributed by atoms with van der Waals surface area (Å²) >= 11 is 6.82. The summed E-state index contributed by atoms with van der Waals surface area (Å²) in [6.07, 6.45) is 2.07. The standard InChI is InChI=1S/C16H21FN2OS2/c1-3-19(4-2)16(21)22-14(15(20)18-13-9-10-13)11-5-7-12(17)8-6-11/h5-8,13-14H,3-4,9-10H2,1-2H3,(H,18,20). The predicted molar refractivity (Wildman–Crippen MR) is 93.4 cm³/mol.